The third kappa shape index (κ3) is 3.28. The van der Waals surface area contributed by atoms with Crippen molar-refractivity contribution < 1.29 is 0 Å². The van der Waals surface area contributed by atoms with Crippen molar-refractivity contribution in [1.29, 1.82) is 0 Å². The molecule has 0 saturated carbocycles. The second kappa shape index (κ2) is 8.09. The molecule has 0 aliphatic rings. The van der Waals surface area contributed by atoms with E-state index in [1.807, 2.05) is 32.6 Å². The van der Waals surface area contributed by atoms with Crippen molar-refractivity contribution in [1.82, 2.24) is 14.6 Å². The Hall–Kier alpha value is -2.76. The van der Waals surface area contributed by atoms with Crippen LogP contribution in [0.2, 0.25) is 0 Å². The van der Waals surface area contributed by atoms with Gasteiger partial charge in [-0.3, -0.25) is 0 Å². The normalized spacial score (nSPS) is 11.3. The van der Waals surface area contributed by atoms with Crippen LogP contribution >= 0.6 is 0 Å². The second-order valence-corrected chi connectivity index (χ2v) is 7.11. The largest absolute Gasteiger partial charge is 0.388 e. The number of rotatable bonds is 7. The first kappa shape index (κ1) is 20.0. The molecule has 2 heterocycles. The van der Waals surface area contributed by atoms with Crippen LogP contribution in [0.25, 0.3) is 16.9 Å². The van der Waals surface area contributed by atoms with Gasteiger partial charge in [0.2, 0.25) is 0 Å². The fourth-order valence-electron chi connectivity index (χ4n) is 3.90. The summed E-state index contributed by atoms with van der Waals surface area (Å²) in [5, 5.41) is 14.7. The molecule has 0 aliphatic heterocycles. The van der Waals surface area contributed by atoms with Crippen LogP contribution < -0.4 is 16.0 Å². The van der Waals surface area contributed by atoms with Gasteiger partial charge in [0, 0.05) is 38.2 Å². The van der Waals surface area contributed by atoms with E-state index in [-0.39, 0.29) is 0 Å². The number of nitrogens with zero attached hydrogens (tertiary/aromatic N) is 3. The average molecular weight is 380 g/mol. The Labute approximate surface area is 167 Å². The Morgan fingerprint density at radius 1 is 1.04 bits per heavy atom. The highest BCUT2D eigenvalue weighted by atomic mass is 15.3. The number of hydrogen-bond donors (Lipinski definition) is 3. The lowest BCUT2D eigenvalue weighted by molar-refractivity contribution is 0.669. The molecule has 149 valence electrons. The summed E-state index contributed by atoms with van der Waals surface area (Å²) in [6.07, 6.45) is 1.90. The van der Waals surface area contributed by atoms with Crippen molar-refractivity contribution in [2.45, 2.75) is 39.5 Å². The highest BCUT2D eigenvalue weighted by Gasteiger charge is 2.23. The SMILES string of the molecule is [CH2]CC(CC)c1cc(C)nn2c(-c3c(NC)cc(NC)cc3NC)nc(C)c12. The van der Waals surface area contributed by atoms with E-state index >= 15 is 0 Å². The third-order valence-electron chi connectivity index (χ3n) is 5.39. The van der Waals surface area contributed by atoms with Crippen molar-refractivity contribution in [3.63, 3.8) is 0 Å². The maximum Gasteiger partial charge on any atom is 0.165 e. The van der Waals surface area contributed by atoms with E-state index in [2.05, 4.69) is 54.9 Å². The minimum absolute atomic E-state index is 0.395. The van der Waals surface area contributed by atoms with Gasteiger partial charge < -0.3 is 16.0 Å². The van der Waals surface area contributed by atoms with Crippen LogP contribution in [0.5, 0.6) is 0 Å². The zero-order valence-corrected chi connectivity index (χ0v) is 17.8. The summed E-state index contributed by atoms with van der Waals surface area (Å²) >= 11 is 0. The van der Waals surface area contributed by atoms with Gasteiger partial charge in [-0.1, -0.05) is 13.8 Å². The van der Waals surface area contributed by atoms with Gasteiger partial charge in [0.05, 0.1) is 22.5 Å². The summed E-state index contributed by atoms with van der Waals surface area (Å²) in [7, 11) is 5.78. The Balaban J connectivity index is 2.38. The standard InChI is InChI=1S/C22H31N6/c1-8-15(9-2)17-10-13(3)27-28-21(17)14(4)26-22(28)20-18(24-6)11-16(23-5)12-19(20)25-7/h10-12,15,23-25H,1,8-9H2,2-7H3. The minimum Gasteiger partial charge on any atom is -0.388 e. The Morgan fingerprint density at radius 2 is 1.68 bits per heavy atom. The predicted molar refractivity (Wildman–Crippen MR) is 120 cm³/mol. The summed E-state index contributed by atoms with van der Waals surface area (Å²) in [5.41, 5.74) is 8.39. The number of aryl methyl sites for hydroxylation is 2. The van der Waals surface area contributed by atoms with Crippen molar-refractivity contribution in [3.05, 3.63) is 42.1 Å². The number of imidazole rings is 1. The summed E-state index contributed by atoms with van der Waals surface area (Å²) in [5.74, 6) is 1.24. The van der Waals surface area contributed by atoms with E-state index in [0.29, 0.717) is 5.92 Å². The molecule has 0 spiro atoms. The quantitative estimate of drug-likeness (QED) is 0.547. The van der Waals surface area contributed by atoms with E-state index in [1.54, 1.807) is 0 Å². The highest BCUT2D eigenvalue weighted by molar-refractivity contribution is 5.90. The molecule has 1 unspecified atom stereocenters. The molecule has 2 aromatic heterocycles. The molecule has 3 rings (SSSR count). The fourth-order valence-corrected chi connectivity index (χ4v) is 3.90. The lowest BCUT2D eigenvalue weighted by Gasteiger charge is -2.18. The van der Waals surface area contributed by atoms with Crippen LogP contribution in [0.3, 0.4) is 0 Å². The van der Waals surface area contributed by atoms with Crippen LogP contribution in [0, 0.1) is 20.8 Å². The number of aromatic nitrogens is 3. The zero-order chi connectivity index (χ0) is 20.4. The number of fused-ring (bicyclic) bond motifs is 1. The molecular formula is C22H31N6. The topological polar surface area (TPSA) is 66.3 Å². The Kier molecular flexibility index (Phi) is 5.77. The number of hydrogen-bond acceptors (Lipinski definition) is 5. The molecule has 6 heteroatoms. The number of benzene rings is 1. The summed E-state index contributed by atoms with van der Waals surface area (Å²) < 4.78 is 2.01. The predicted octanol–water partition coefficient (Wildman–Crippen LogP) is 4.86. The molecule has 3 aromatic rings. The molecule has 6 nitrogen and oxygen atoms in total. The molecule has 0 fully saturated rings. The monoisotopic (exact) mass is 379 g/mol. The highest BCUT2D eigenvalue weighted by Crippen LogP contribution is 2.39. The van der Waals surface area contributed by atoms with E-state index in [9.17, 15) is 0 Å². The first-order valence-corrected chi connectivity index (χ1v) is 9.86. The van der Waals surface area contributed by atoms with Gasteiger partial charge in [0.1, 0.15) is 0 Å². The maximum absolute atomic E-state index is 4.97. The van der Waals surface area contributed by atoms with Crippen molar-refractivity contribution in [2.75, 3.05) is 37.1 Å². The van der Waals surface area contributed by atoms with Crippen LogP contribution in [0.4, 0.5) is 17.1 Å². The zero-order valence-electron chi connectivity index (χ0n) is 17.8. The first-order valence-electron chi connectivity index (χ1n) is 9.86. The van der Waals surface area contributed by atoms with Crippen molar-refractivity contribution in [2.24, 2.45) is 0 Å². The molecule has 1 radical (unpaired) electrons. The Morgan fingerprint density at radius 3 is 2.18 bits per heavy atom. The van der Waals surface area contributed by atoms with Gasteiger partial charge in [0.25, 0.3) is 0 Å². The van der Waals surface area contributed by atoms with Gasteiger partial charge in [-0.25, -0.2) is 9.50 Å². The van der Waals surface area contributed by atoms with Crippen LogP contribution in [0.15, 0.2) is 18.2 Å². The van der Waals surface area contributed by atoms with Gasteiger partial charge in [0.15, 0.2) is 5.82 Å². The summed E-state index contributed by atoms with van der Waals surface area (Å²) in [6, 6.07) is 6.37. The lowest BCUT2D eigenvalue weighted by Crippen LogP contribution is -2.07. The van der Waals surface area contributed by atoms with Gasteiger partial charge >= 0.3 is 0 Å². The molecule has 0 bridgehead atoms. The summed E-state index contributed by atoms with van der Waals surface area (Å²) in [4.78, 5) is 4.97. The third-order valence-corrected chi connectivity index (χ3v) is 5.39. The number of anilines is 3. The molecule has 1 aromatic carbocycles. The van der Waals surface area contributed by atoms with Gasteiger partial charge in [-0.05, 0) is 56.4 Å². The molecule has 28 heavy (non-hydrogen) atoms. The smallest absolute Gasteiger partial charge is 0.165 e. The molecule has 0 aliphatic carbocycles. The lowest BCUT2D eigenvalue weighted by atomic mass is 9.93. The van der Waals surface area contributed by atoms with Crippen LogP contribution in [-0.2, 0) is 0 Å². The summed E-state index contributed by atoms with van der Waals surface area (Å²) in [6.45, 7) is 10.5. The molecular weight excluding hydrogens is 348 g/mol. The van der Waals surface area contributed by atoms with E-state index in [1.165, 1.54) is 5.56 Å². The minimum atomic E-state index is 0.395. The average Bonchev–Trinajstić information content (AvgIpc) is 3.03. The molecule has 0 amide bonds. The van der Waals surface area contributed by atoms with Gasteiger partial charge in [-0.2, -0.15) is 5.10 Å². The molecule has 1 atom stereocenters. The number of nitrogens with one attached hydrogen (secondary N) is 3. The second-order valence-electron chi connectivity index (χ2n) is 7.11. The fraction of sp³-hybridized carbons (Fsp3) is 0.409. The maximum atomic E-state index is 4.97. The first-order chi connectivity index (χ1) is 13.5. The van der Waals surface area contributed by atoms with Crippen molar-refractivity contribution in [3.8, 4) is 11.4 Å². The molecule has 3 N–H and O–H groups in total. The van der Waals surface area contributed by atoms with Crippen molar-refractivity contribution >= 4 is 22.6 Å². The van der Waals surface area contributed by atoms with Crippen LogP contribution in [-0.4, -0.2) is 35.7 Å². The van der Waals surface area contributed by atoms with E-state index in [0.717, 1.165) is 58.2 Å². The molecule has 0 saturated heterocycles. The van der Waals surface area contributed by atoms with E-state index < -0.39 is 0 Å². The van der Waals surface area contributed by atoms with Gasteiger partial charge in [-0.15, -0.1) is 0 Å². The van der Waals surface area contributed by atoms with E-state index in [4.69, 9.17) is 10.1 Å². The van der Waals surface area contributed by atoms with Crippen LogP contribution in [0.1, 0.15) is 42.6 Å². The Bertz CT molecular complexity index is 959.